The van der Waals surface area contributed by atoms with Crippen LogP contribution in [0.5, 0.6) is 5.75 Å². The van der Waals surface area contributed by atoms with E-state index >= 15 is 0 Å². The van der Waals surface area contributed by atoms with Gasteiger partial charge in [0.1, 0.15) is 5.75 Å². The SMILES string of the molecule is CCCCC(=O)c1cc(Cl)cc(Cl)c1O. The highest BCUT2D eigenvalue weighted by molar-refractivity contribution is 6.36. The highest BCUT2D eigenvalue weighted by atomic mass is 35.5. The summed E-state index contributed by atoms with van der Waals surface area (Å²) in [6, 6.07) is 2.86. The molecular weight excluding hydrogens is 235 g/mol. The number of carbonyl (C=O) groups excluding carboxylic acids is 1. The van der Waals surface area contributed by atoms with E-state index in [0.29, 0.717) is 11.4 Å². The molecule has 4 heteroatoms. The molecule has 0 fully saturated rings. The Hall–Kier alpha value is -0.730. The Morgan fingerprint density at radius 2 is 2.07 bits per heavy atom. The third-order valence-corrected chi connectivity index (χ3v) is 2.59. The zero-order chi connectivity index (χ0) is 11.4. The third kappa shape index (κ3) is 3.11. The molecule has 82 valence electrons. The lowest BCUT2D eigenvalue weighted by Gasteiger charge is -2.05. The first-order valence-electron chi connectivity index (χ1n) is 4.77. The van der Waals surface area contributed by atoms with Crippen molar-refractivity contribution < 1.29 is 9.90 Å². The average molecular weight is 247 g/mol. The maximum absolute atomic E-state index is 11.7. The van der Waals surface area contributed by atoms with Crippen LogP contribution in [0.2, 0.25) is 10.0 Å². The molecule has 0 spiro atoms. The fourth-order valence-electron chi connectivity index (χ4n) is 1.25. The number of hydrogen-bond acceptors (Lipinski definition) is 2. The fourth-order valence-corrected chi connectivity index (χ4v) is 1.74. The molecule has 0 amide bonds. The Bertz CT molecular complexity index is 375. The summed E-state index contributed by atoms with van der Waals surface area (Å²) in [6.45, 7) is 2.00. The van der Waals surface area contributed by atoms with Crippen molar-refractivity contribution in [3.8, 4) is 5.75 Å². The summed E-state index contributed by atoms with van der Waals surface area (Å²) < 4.78 is 0. The van der Waals surface area contributed by atoms with Crippen LogP contribution in [0.15, 0.2) is 12.1 Å². The molecule has 0 saturated carbocycles. The van der Waals surface area contributed by atoms with E-state index in [1.54, 1.807) is 0 Å². The maximum atomic E-state index is 11.7. The average Bonchev–Trinajstić information content (AvgIpc) is 2.19. The van der Waals surface area contributed by atoms with Crippen molar-refractivity contribution in [2.75, 3.05) is 0 Å². The van der Waals surface area contributed by atoms with Gasteiger partial charge in [-0.15, -0.1) is 0 Å². The molecule has 0 atom stereocenters. The molecule has 0 radical (unpaired) electrons. The van der Waals surface area contributed by atoms with E-state index in [4.69, 9.17) is 23.2 Å². The van der Waals surface area contributed by atoms with Crippen LogP contribution >= 0.6 is 23.2 Å². The number of hydrogen-bond donors (Lipinski definition) is 1. The predicted octanol–water partition coefficient (Wildman–Crippen LogP) is 4.07. The van der Waals surface area contributed by atoms with Crippen LogP contribution in [0.25, 0.3) is 0 Å². The van der Waals surface area contributed by atoms with Crippen LogP contribution in [0.4, 0.5) is 0 Å². The first-order chi connectivity index (χ1) is 7.06. The van der Waals surface area contributed by atoms with Crippen molar-refractivity contribution in [2.24, 2.45) is 0 Å². The molecular formula is C11H12Cl2O2. The molecule has 0 aromatic heterocycles. The second-order valence-corrected chi connectivity index (χ2v) is 4.15. The lowest BCUT2D eigenvalue weighted by atomic mass is 10.0. The van der Waals surface area contributed by atoms with E-state index in [-0.39, 0.29) is 22.1 Å². The molecule has 1 aromatic carbocycles. The number of unbranched alkanes of at least 4 members (excludes halogenated alkanes) is 1. The van der Waals surface area contributed by atoms with E-state index in [2.05, 4.69) is 0 Å². The number of rotatable bonds is 4. The molecule has 1 rings (SSSR count). The highest BCUT2D eigenvalue weighted by Crippen LogP contribution is 2.32. The molecule has 0 unspecified atom stereocenters. The van der Waals surface area contributed by atoms with Gasteiger partial charge < -0.3 is 5.11 Å². The van der Waals surface area contributed by atoms with Gasteiger partial charge in [-0.05, 0) is 18.6 Å². The third-order valence-electron chi connectivity index (χ3n) is 2.09. The van der Waals surface area contributed by atoms with E-state index in [1.807, 2.05) is 6.92 Å². The zero-order valence-corrected chi connectivity index (χ0v) is 9.90. The molecule has 0 saturated heterocycles. The van der Waals surface area contributed by atoms with Crippen molar-refractivity contribution in [3.05, 3.63) is 27.7 Å². The van der Waals surface area contributed by atoms with Crippen molar-refractivity contribution in [1.82, 2.24) is 0 Å². The van der Waals surface area contributed by atoms with Crippen molar-refractivity contribution in [2.45, 2.75) is 26.2 Å². The van der Waals surface area contributed by atoms with Gasteiger partial charge in [0.15, 0.2) is 5.78 Å². The Kier molecular flexibility index (Phi) is 4.43. The van der Waals surface area contributed by atoms with E-state index in [1.165, 1.54) is 12.1 Å². The number of aromatic hydroxyl groups is 1. The normalized spacial score (nSPS) is 10.3. The molecule has 1 N–H and O–H groups in total. The van der Waals surface area contributed by atoms with Crippen LogP contribution in [0.1, 0.15) is 36.5 Å². The summed E-state index contributed by atoms with van der Waals surface area (Å²) in [7, 11) is 0. The second kappa shape index (κ2) is 5.38. The fraction of sp³-hybridized carbons (Fsp3) is 0.364. The number of carbonyl (C=O) groups is 1. The van der Waals surface area contributed by atoms with Gasteiger partial charge in [0.05, 0.1) is 10.6 Å². The van der Waals surface area contributed by atoms with Gasteiger partial charge in [-0.3, -0.25) is 4.79 Å². The van der Waals surface area contributed by atoms with Crippen LogP contribution in [-0.4, -0.2) is 10.9 Å². The van der Waals surface area contributed by atoms with E-state index in [0.717, 1.165) is 12.8 Å². The Morgan fingerprint density at radius 3 is 2.67 bits per heavy atom. The molecule has 2 nitrogen and oxygen atoms in total. The Labute approximate surface area is 98.8 Å². The number of halogens is 2. The van der Waals surface area contributed by atoms with Crippen molar-refractivity contribution in [3.63, 3.8) is 0 Å². The lowest BCUT2D eigenvalue weighted by molar-refractivity contribution is 0.0977. The summed E-state index contributed by atoms with van der Waals surface area (Å²) >= 11 is 11.5. The van der Waals surface area contributed by atoms with Gasteiger partial charge in [0.25, 0.3) is 0 Å². The number of ketones is 1. The predicted molar refractivity (Wildman–Crippen MR) is 62.0 cm³/mol. The first kappa shape index (κ1) is 12.3. The van der Waals surface area contributed by atoms with Crippen LogP contribution in [-0.2, 0) is 0 Å². The summed E-state index contributed by atoms with van der Waals surface area (Å²) in [4.78, 5) is 11.7. The van der Waals surface area contributed by atoms with E-state index < -0.39 is 0 Å². The Balaban J connectivity index is 2.98. The standard InChI is InChI=1S/C11H12Cl2O2/c1-2-3-4-10(14)8-5-7(12)6-9(13)11(8)15/h5-6,15H,2-4H2,1H3. The topological polar surface area (TPSA) is 37.3 Å². The summed E-state index contributed by atoms with van der Waals surface area (Å²) in [5, 5.41) is 10.1. The van der Waals surface area contributed by atoms with Crippen molar-refractivity contribution >= 4 is 29.0 Å². The smallest absolute Gasteiger partial charge is 0.166 e. The minimum atomic E-state index is -0.179. The quantitative estimate of drug-likeness (QED) is 0.814. The number of Topliss-reactive ketones (excluding diaryl/α,β-unsaturated/α-hetero) is 1. The number of phenols is 1. The minimum absolute atomic E-state index is 0.113. The van der Waals surface area contributed by atoms with E-state index in [9.17, 15) is 9.90 Å². The molecule has 0 heterocycles. The molecule has 0 aliphatic heterocycles. The summed E-state index contributed by atoms with van der Waals surface area (Å²) in [5.74, 6) is -0.305. The van der Waals surface area contributed by atoms with Gasteiger partial charge in [-0.1, -0.05) is 36.5 Å². The van der Waals surface area contributed by atoms with Crippen LogP contribution in [0.3, 0.4) is 0 Å². The highest BCUT2D eigenvalue weighted by Gasteiger charge is 2.14. The minimum Gasteiger partial charge on any atom is -0.506 e. The van der Waals surface area contributed by atoms with Gasteiger partial charge in [0.2, 0.25) is 0 Å². The number of benzene rings is 1. The number of phenolic OH excluding ortho intramolecular Hbond substituents is 1. The van der Waals surface area contributed by atoms with Gasteiger partial charge >= 0.3 is 0 Å². The monoisotopic (exact) mass is 246 g/mol. The summed E-state index contributed by atoms with van der Waals surface area (Å²) in [6.07, 6.45) is 2.13. The van der Waals surface area contributed by atoms with Gasteiger partial charge in [0, 0.05) is 11.4 Å². The first-order valence-corrected chi connectivity index (χ1v) is 5.53. The molecule has 15 heavy (non-hydrogen) atoms. The second-order valence-electron chi connectivity index (χ2n) is 3.31. The maximum Gasteiger partial charge on any atom is 0.166 e. The van der Waals surface area contributed by atoms with Gasteiger partial charge in [-0.2, -0.15) is 0 Å². The molecule has 1 aromatic rings. The Morgan fingerprint density at radius 1 is 1.40 bits per heavy atom. The van der Waals surface area contributed by atoms with Crippen LogP contribution in [0, 0.1) is 0 Å². The largest absolute Gasteiger partial charge is 0.506 e. The molecule has 0 aliphatic rings. The summed E-state index contributed by atoms with van der Waals surface area (Å²) in [5.41, 5.74) is 0.209. The van der Waals surface area contributed by atoms with Gasteiger partial charge in [-0.25, -0.2) is 0 Å². The molecule has 0 aliphatic carbocycles. The van der Waals surface area contributed by atoms with Crippen molar-refractivity contribution in [1.29, 1.82) is 0 Å². The van der Waals surface area contributed by atoms with Crippen LogP contribution < -0.4 is 0 Å². The lowest BCUT2D eigenvalue weighted by Crippen LogP contribution is -1.99. The zero-order valence-electron chi connectivity index (χ0n) is 8.39. The molecule has 0 bridgehead atoms.